The Bertz CT molecular complexity index is 230. The van der Waals surface area contributed by atoms with E-state index in [4.69, 9.17) is 20.6 Å². The number of terminal acetylenes is 1. The predicted molar refractivity (Wildman–Crippen MR) is 65.8 cm³/mol. The third-order valence-electron chi connectivity index (χ3n) is 2.07. The minimum atomic E-state index is 0.0863. The van der Waals surface area contributed by atoms with Crippen LogP contribution in [0.5, 0.6) is 0 Å². The van der Waals surface area contributed by atoms with E-state index in [-0.39, 0.29) is 11.7 Å². The monoisotopic (exact) mass is 242 g/mol. The molecule has 0 aromatic rings. The van der Waals surface area contributed by atoms with Gasteiger partial charge in [0.2, 0.25) is 0 Å². The number of ketones is 1. The van der Waals surface area contributed by atoms with E-state index >= 15 is 0 Å². The SMILES string of the molecule is C#CCOCCOCCOCCC(=O)C(C)C. The Hall–Kier alpha value is -0.890. The summed E-state index contributed by atoms with van der Waals surface area (Å²) in [7, 11) is 0. The molecule has 17 heavy (non-hydrogen) atoms. The summed E-state index contributed by atoms with van der Waals surface area (Å²) in [5, 5.41) is 0. The molecule has 0 aliphatic rings. The summed E-state index contributed by atoms with van der Waals surface area (Å²) in [6.45, 7) is 6.58. The lowest BCUT2D eigenvalue weighted by atomic mass is 10.1. The Labute approximate surface area is 104 Å². The number of carbonyl (C=O) groups is 1. The average Bonchev–Trinajstić information content (AvgIpc) is 2.31. The first-order valence-electron chi connectivity index (χ1n) is 5.88. The number of ether oxygens (including phenoxy) is 3. The van der Waals surface area contributed by atoms with Gasteiger partial charge in [-0.1, -0.05) is 19.8 Å². The number of hydrogen-bond acceptors (Lipinski definition) is 4. The van der Waals surface area contributed by atoms with E-state index in [0.717, 1.165) is 0 Å². The molecule has 4 heteroatoms. The van der Waals surface area contributed by atoms with Gasteiger partial charge in [-0.3, -0.25) is 4.79 Å². The summed E-state index contributed by atoms with van der Waals surface area (Å²) in [5.41, 5.74) is 0. The minimum Gasteiger partial charge on any atom is -0.379 e. The van der Waals surface area contributed by atoms with Crippen LogP contribution >= 0.6 is 0 Å². The first kappa shape index (κ1) is 16.1. The van der Waals surface area contributed by atoms with Crippen molar-refractivity contribution < 1.29 is 19.0 Å². The number of hydrogen-bond donors (Lipinski definition) is 0. The highest BCUT2D eigenvalue weighted by molar-refractivity contribution is 5.80. The Morgan fingerprint density at radius 1 is 1.06 bits per heavy atom. The molecule has 0 aromatic heterocycles. The highest BCUT2D eigenvalue weighted by atomic mass is 16.5. The molecular formula is C13H22O4. The lowest BCUT2D eigenvalue weighted by molar-refractivity contribution is -0.123. The fraction of sp³-hybridized carbons (Fsp3) is 0.769. The maximum atomic E-state index is 11.2. The third-order valence-corrected chi connectivity index (χ3v) is 2.07. The van der Waals surface area contributed by atoms with Gasteiger partial charge >= 0.3 is 0 Å². The zero-order chi connectivity index (χ0) is 12.9. The molecule has 0 aromatic carbocycles. The molecule has 0 N–H and O–H groups in total. The molecule has 0 radical (unpaired) electrons. The van der Waals surface area contributed by atoms with Gasteiger partial charge in [-0.15, -0.1) is 6.42 Å². The van der Waals surface area contributed by atoms with Crippen molar-refractivity contribution in [3.05, 3.63) is 0 Å². The molecule has 0 aliphatic carbocycles. The van der Waals surface area contributed by atoms with Crippen molar-refractivity contribution in [3.8, 4) is 12.3 Å². The average molecular weight is 242 g/mol. The number of carbonyl (C=O) groups excluding carboxylic acids is 1. The minimum absolute atomic E-state index is 0.0863. The Morgan fingerprint density at radius 3 is 2.12 bits per heavy atom. The van der Waals surface area contributed by atoms with Crippen molar-refractivity contribution in [3.63, 3.8) is 0 Å². The van der Waals surface area contributed by atoms with Gasteiger partial charge in [-0.25, -0.2) is 0 Å². The van der Waals surface area contributed by atoms with E-state index in [0.29, 0.717) is 46.1 Å². The largest absolute Gasteiger partial charge is 0.379 e. The van der Waals surface area contributed by atoms with Gasteiger partial charge < -0.3 is 14.2 Å². The second kappa shape index (κ2) is 11.6. The predicted octanol–water partition coefficient (Wildman–Crippen LogP) is 1.28. The third kappa shape index (κ3) is 11.4. The van der Waals surface area contributed by atoms with E-state index in [2.05, 4.69) is 5.92 Å². The zero-order valence-corrected chi connectivity index (χ0v) is 10.7. The van der Waals surface area contributed by atoms with Crippen LogP contribution < -0.4 is 0 Å². The fourth-order valence-corrected chi connectivity index (χ4v) is 1.03. The number of rotatable bonds is 11. The van der Waals surface area contributed by atoms with E-state index in [1.807, 2.05) is 13.8 Å². The van der Waals surface area contributed by atoms with Crippen LogP contribution in [0.3, 0.4) is 0 Å². The molecule has 0 aliphatic heterocycles. The van der Waals surface area contributed by atoms with E-state index < -0.39 is 0 Å². The molecule has 0 unspecified atom stereocenters. The molecule has 0 saturated heterocycles. The Kier molecular flexibility index (Phi) is 11.0. The normalized spacial score (nSPS) is 10.5. The molecule has 0 spiro atoms. The van der Waals surface area contributed by atoms with Crippen LogP contribution in [-0.2, 0) is 19.0 Å². The highest BCUT2D eigenvalue weighted by Gasteiger charge is 2.05. The summed E-state index contributed by atoms with van der Waals surface area (Å²) < 4.78 is 15.5. The summed E-state index contributed by atoms with van der Waals surface area (Å²) in [6.07, 6.45) is 5.48. The summed E-state index contributed by atoms with van der Waals surface area (Å²) >= 11 is 0. The van der Waals surface area contributed by atoms with E-state index in [1.165, 1.54) is 0 Å². The summed E-state index contributed by atoms with van der Waals surface area (Å²) in [6, 6.07) is 0. The van der Waals surface area contributed by atoms with Crippen LogP contribution in [0.4, 0.5) is 0 Å². The van der Waals surface area contributed by atoms with Gasteiger partial charge in [0.05, 0.1) is 33.0 Å². The molecule has 0 rings (SSSR count). The van der Waals surface area contributed by atoms with Crippen LogP contribution in [-0.4, -0.2) is 45.4 Å². The van der Waals surface area contributed by atoms with Crippen LogP contribution in [0.2, 0.25) is 0 Å². The Morgan fingerprint density at radius 2 is 1.59 bits per heavy atom. The summed E-state index contributed by atoms with van der Waals surface area (Å²) in [4.78, 5) is 11.2. The van der Waals surface area contributed by atoms with Gasteiger partial charge in [0.1, 0.15) is 12.4 Å². The second-order valence-electron chi connectivity index (χ2n) is 3.85. The smallest absolute Gasteiger partial charge is 0.137 e. The summed E-state index contributed by atoms with van der Waals surface area (Å²) in [5.74, 6) is 2.69. The van der Waals surface area contributed by atoms with Crippen molar-refractivity contribution in [1.82, 2.24) is 0 Å². The van der Waals surface area contributed by atoms with Crippen LogP contribution in [0.15, 0.2) is 0 Å². The van der Waals surface area contributed by atoms with Crippen molar-refractivity contribution >= 4 is 5.78 Å². The van der Waals surface area contributed by atoms with Crippen LogP contribution in [0.25, 0.3) is 0 Å². The molecule has 0 amide bonds. The van der Waals surface area contributed by atoms with Gasteiger partial charge in [0.15, 0.2) is 0 Å². The molecule has 4 nitrogen and oxygen atoms in total. The van der Waals surface area contributed by atoms with Crippen LogP contribution in [0, 0.1) is 18.3 Å². The first-order chi connectivity index (χ1) is 8.18. The van der Waals surface area contributed by atoms with Crippen molar-refractivity contribution in [2.24, 2.45) is 5.92 Å². The van der Waals surface area contributed by atoms with Crippen molar-refractivity contribution in [2.75, 3.05) is 39.6 Å². The maximum absolute atomic E-state index is 11.2. The molecule has 0 atom stereocenters. The van der Waals surface area contributed by atoms with Gasteiger partial charge in [0.25, 0.3) is 0 Å². The van der Waals surface area contributed by atoms with Crippen molar-refractivity contribution in [1.29, 1.82) is 0 Å². The lowest BCUT2D eigenvalue weighted by Crippen LogP contribution is -2.13. The lowest BCUT2D eigenvalue weighted by Gasteiger charge is -2.06. The first-order valence-corrected chi connectivity index (χ1v) is 5.88. The molecular weight excluding hydrogens is 220 g/mol. The zero-order valence-electron chi connectivity index (χ0n) is 10.7. The van der Waals surface area contributed by atoms with E-state index in [1.54, 1.807) is 0 Å². The topological polar surface area (TPSA) is 44.8 Å². The Balaban J connectivity index is 3.09. The fourth-order valence-electron chi connectivity index (χ4n) is 1.03. The molecule has 0 saturated carbocycles. The van der Waals surface area contributed by atoms with Gasteiger partial charge in [0, 0.05) is 12.3 Å². The molecule has 0 bridgehead atoms. The molecule has 0 fully saturated rings. The maximum Gasteiger partial charge on any atom is 0.137 e. The highest BCUT2D eigenvalue weighted by Crippen LogP contribution is 1.98. The molecule has 98 valence electrons. The van der Waals surface area contributed by atoms with E-state index in [9.17, 15) is 4.79 Å². The van der Waals surface area contributed by atoms with Gasteiger partial charge in [-0.2, -0.15) is 0 Å². The quantitative estimate of drug-likeness (QED) is 0.404. The van der Waals surface area contributed by atoms with Crippen LogP contribution in [0.1, 0.15) is 20.3 Å². The van der Waals surface area contributed by atoms with Crippen molar-refractivity contribution in [2.45, 2.75) is 20.3 Å². The molecule has 0 heterocycles. The number of Topliss-reactive ketones (excluding diaryl/α,β-unsaturated/α-hetero) is 1. The second-order valence-corrected chi connectivity index (χ2v) is 3.85. The van der Waals surface area contributed by atoms with Gasteiger partial charge in [-0.05, 0) is 0 Å². The standard InChI is InChI=1S/C13H22O4/c1-4-6-15-8-10-17-11-9-16-7-5-13(14)12(2)3/h1,12H,5-11H2,2-3H3.